The second kappa shape index (κ2) is 10.3. The van der Waals surface area contributed by atoms with Crippen molar-refractivity contribution >= 4 is 5.91 Å². The fourth-order valence-corrected chi connectivity index (χ4v) is 2.71. The van der Waals surface area contributed by atoms with E-state index in [1.807, 2.05) is 37.3 Å². The minimum atomic E-state index is -0.510. The topological polar surface area (TPSA) is 65.0 Å². The van der Waals surface area contributed by atoms with Gasteiger partial charge in [0, 0.05) is 39.3 Å². The number of nitrogens with zero attached hydrogens (tertiary/aromatic N) is 2. The van der Waals surface area contributed by atoms with Gasteiger partial charge in [0.1, 0.15) is 18.5 Å². The van der Waals surface area contributed by atoms with Crippen molar-refractivity contribution in [3.8, 4) is 5.75 Å². The minimum Gasteiger partial charge on any atom is -0.491 e. The molecule has 1 aliphatic rings. The van der Waals surface area contributed by atoms with Gasteiger partial charge in [0.05, 0.1) is 6.54 Å². The molecule has 1 unspecified atom stereocenters. The van der Waals surface area contributed by atoms with Crippen LogP contribution in [0, 0.1) is 0 Å². The summed E-state index contributed by atoms with van der Waals surface area (Å²) in [5.41, 5.74) is 0. The number of rotatable bonds is 9. The van der Waals surface area contributed by atoms with Crippen molar-refractivity contribution in [1.29, 1.82) is 0 Å². The Kier molecular flexibility index (Phi) is 8.01. The minimum absolute atomic E-state index is 0.0987. The summed E-state index contributed by atoms with van der Waals surface area (Å²) < 4.78 is 5.58. The third-order valence-corrected chi connectivity index (χ3v) is 4.06. The third kappa shape index (κ3) is 6.86. The van der Waals surface area contributed by atoms with Crippen LogP contribution in [0.2, 0.25) is 0 Å². The van der Waals surface area contributed by atoms with Crippen LogP contribution in [-0.4, -0.2) is 79.3 Å². The molecule has 1 atom stereocenters. The van der Waals surface area contributed by atoms with Crippen LogP contribution in [0.5, 0.6) is 5.75 Å². The van der Waals surface area contributed by atoms with Crippen LogP contribution in [0.3, 0.4) is 0 Å². The van der Waals surface area contributed by atoms with E-state index in [0.29, 0.717) is 19.7 Å². The summed E-state index contributed by atoms with van der Waals surface area (Å²) in [4.78, 5) is 16.1. The molecule has 1 aliphatic heterocycles. The SMILES string of the molecule is CCCNC(=O)CN1CCN(CC(O)COc2ccccc2)CC1. The van der Waals surface area contributed by atoms with Crippen LogP contribution >= 0.6 is 0 Å². The first-order valence-corrected chi connectivity index (χ1v) is 8.74. The molecule has 1 fully saturated rings. The van der Waals surface area contributed by atoms with Crippen LogP contribution in [0.15, 0.2) is 30.3 Å². The van der Waals surface area contributed by atoms with Crippen LogP contribution in [0.4, 0.5) is 0 Å². The number of amides is 1. The maximum absolute atomic E-state index is 11.7. The first-order valence-electron chi connectivity index (χ1n) is 8.74. The fraction of sp³-hybridized carbons (Fsp3) is 0.611. The molecule has 6 heteroatoms. The second-order valence-electron chi connectivity index (χ2n) is 6.20. The lowest BCUT2D eigenvalue weighted by Gasteiger charge is -2.35. The van der Waals surface area contributed by atoms with Crippen molar-refractivity contribution in [2.45, 2.75) is 19.4 Å². The molecule has 1 aromatic carbocycles. The molecule has 1 saturated heterocycles. The monoisotopic (exact) mass is 335 g/mol. The summed E-state index contributed by atoms with van der Waals surface area (Å²) in [5.74, 6) is 0.876. The number of benzene rings is 1. The van der Waals surface area contributed by atoms with Crippen molar-refractivity contribution < 1.29 is 14.6 Å². The van der Waals surface area contributed by atoms with Crippen molar-refractivity contribution in [1.82, 2.24) is 15.1 Å². The Hall–Kier alpha value is -1.63. The summed E-state index contributed by atoms with van der Waals surface area (Å²) in [6.07, 6.45) is 0.451. The molecule has 0 aromatic heterocycles. The summed E-state index contributed by atoms with van der Waals surface area (Å²) in [6, 6.07) is 9.53. The number of aliphatic hydroxyl groups excluding tert-OH is 1. The maximum Gasteiger partial charge on any atom is 0.234 e. The lowest BCUT2D eigenvalue weighted by molar-refractivity contribution is -0.122. The molecule has 0 radical (unpaired) electrons. The number of hydrogen-bond acceptors (Lipinski definition) is 5. The number of hydrogen-bond donors (Lipinski definition) is 2. The van der Waals surface area contributed by atoms with Crippen LogP contribution < -0.4 is 10.1 Å². The Morgan fingerprint density at radius 1 is 1.21 bits per heavy atom. The Morgan fingerprint density at radius 2 is 1.88 bits per heavy atom. The molecule has 0 spiro atoms. The molecule has 0 bridgehead atoms. The number of β-amino-alcohol motifs (C(OH)–C–C–N with tert-alkyl or cyclic N) is 1. The van der Waals surface area contributed by atoms with Gasteiger partial charge < -0.3 is 15.2 Å². The van der Waals surface area contributed by atoms with Crippen LogP contribution in [-0.2, 0) is 4.79 Å². The zero-order valence-electron chi connectivity index (χ0n) is 14.5. The van der Waals surface area contributed by atoms with E-state index in [1.54, 1.807) is 0 Å². The maximum atomic E-state index is 11.7. The molecule has 24 heavy (non-hydrogen) atoms. The molecule has 6 nitrogen and oxygen atoms in total. The largest absolute Gasteiger partial charge is 0.491 e. The summed E-state index contributed by atoms with van der Waals surface area (Å²) >= 11 is 0. The summed E-state index contributed by atoms with van der Waals surface area (Å²) in [5, 5.41) is 13.0. The highest BCUT2D eigenvalue weighted by molar-refractivity contribution is 5.77. The number of piperazine rings is 1. The average Bonchev–Trinajstić information content (AvgIpc) is 2.61. The fourth-order valence-electron chi connectivity index (χ4n) is 2.71. The van der Waals surface area contributed by atoms with Gasteiger partial charge >= 0.3 is 0 Å². The highest BCUT2D eigenvalue weighted by Gasteiger charge is 2.20. The normalized spacial score (nSPS) is 17.4. The number of nitrogens with one attached hydrogen (secondary N) is 1. The molecule has 2 rings (SSSR count). The molecule has 1 aromatic rings. The smallest absolute Gasteiger partial charge is 0.234 e. The highest BCUT2D eigenvalue weighted by atomic mass is 16.5. The Balaban J connectivity index is 1.61. The van der Waals surface area contributed by atoms with Crippen molar-refractivity contribution in [2.75, 3.05) is 52.4 Å². The first kappa shape index (κ1) is 18.7. The van der Waals surface area contributed by atoms with E-state index < -0.39 is 6.10 Å². The molecular formula is C18H29N3O3. The van der Waals surface area contributed by atoms with Gasteiger partial charge in [0.2, 0.25) is 5.91 Å². The van der Waals surface area contributed by atoms with Gasteiger partial charge in [-0.05, 0) is 18.6 Å². The Labute approximate surface area is 144 Å². The number of carbonyl (C=O) groups excluding carboxylic acids is 1. The molecule has 134 valence electrons. The predicted molar refractivity (Wildman–Crippen MR) is 94.1 cm³/mol. The van der Waals surface area contributed by atoms with Crippen LogP contribution in [0.25, 0.3) is 0 Å². The molecular weight excluding hydrogens is 306 g/mol. The van der Waals surface area contributed by atoms with E-state index in [1.165, 1.54) is 0 Å². The van der Waals surface area contributed by atoms with Gasteiger partial charge in [0.25, 0.3) is 0 Å². The number of aliphatic hydroxyl groups is 1. The molecule has 1 amide bonds. The zero-order chi connectivity index (χ0) is 17.2. The Bertz CT molecular complexity index is 476. The van der Waals surface area contributed by atoms with Gasteiger partial charge in [-0.3, -0.25) is 14.6 Å². The predicted octanol–water partition coefficient (Wildman–Crippen LogP) is 0.570. The standard InChI is InChI=1S/C18H29N3O3/c1-2-8-19-18(23)14-21-11-9-20(10-12-21)13-16(22)15-24-17-6-4-3-5-7-17/h3-7,16,22H,2,8-15H2,1H3,(H,19,23). The van der Waals surface area contributed by atoms with E-state index >= 15 is 0 Å². The van der Waals surface area contributed by atoms with E-state index in [0.717, 1.165) is 44.9 Å². The number of carbonyl (C=O) groups is 1. The first-order chi connectivity index (χ1) is 11.7. The van der Waals surface area contributed by atoms with Gasteiger partial charge in [-0.25, -0.2) is 0 Å². The molecule has 1 heterocycles. The highest BCUT2D eigenvalue weighted by Crippen LogP contribution is 2.09. The lowest BCUT2D eigenvalue weighted by Crippen LogP contribution is -2.51. The quantitative estimate of drug-likeness (QED) is 0.691. The van der Waals surface area contributed by atoms with Crippen molar-refractivity contribution in [3.63, 3.8) is 0 Å². The van der Waals surface area contributed by atoms with Crippen LogP contribution in [0.1, 0.15) is 13.3 Å². The van der Waals surface area contributed by atoms with E-state index in [2.05, 4.69) is 15.1 Å². The van der Waals surface area contributed by atoms with E-state index in [4.69, 9.17) is 4.74 Å². The summed E-state index contributed by atoms with van der Waals surface area (Å²) in [6.45, 7) is 7.59. The molecule has 0 saturated carbocycles. The number of para-hydroxylation sites is 1. The zero-order valence-corrected chi connectivity index (χ0v) is 14.5. The average molecular weight is 335 g/mol. The lowest BCUT2D eigenvalue weighted by atomic mass is 10.2. The third-order valence-electron chi connectivity index (χ3n) is 4.06. The van der Waals surface area contributed by atoms with E-state index in [-0.39, 0.29) is 5.91 Å². The van der Waals surface area contributed by atoms with Gasteiger partial charge in [-0.15, -0.1) is 0 Å². The number of ether oxygens (including phenoxy) is 1. The van der Waals surface area contributed by atoms with Gasteiger partial charge in [-0.2, -0.15) is 0 Å². The Morgan fingerprint density at radius 3 is 2.54 bits per heavy atom. The second-order valence-corrected chi connectivity index (χ2v) is 6.20. The van der Waals surface area contributed by atoms with Gasteiger partial charge in [-0.1, -0.05) is 25.1 Å². The summed E-state index contributed by atoms with van der Waals surface area (Å²) in [7, 11) is 0. The molecule has 2 N–H and O–H groups in total. The van der Waals surface area contributed by atoms with Crippen molar-refractivity contribution in [2.24, 2.45) is 0 Å². The molecule has 0 aliphatic carbocycles. The van der Waals surface area contributed by atoms with Gasteiger partial charge in [0.15, 0.2) is 0 Å². The van der Waals surface area contributed by atoms with E-state index in [9.17, 15) is 9.90 Å². The van der Waals surface area contributed by atoms with Crippen molar-refractivity contribution in [3.05, 3.63) is 30.3 Å².